The topological polar surface area (TPSA) is 93.8 Å². The van der Waals surface area contributed by atoms with Gasteiger partial charge in [0.05, 0.1) is 15.3 Å². The SMILES string of the molecule is C[C@@H](Sc1nnc(N)s1)C(=O)Nc1ncc(Cl)cc1Cl. The molecule has 0 saturated carbocycles. The molecule has 3 N–H and O–H groups in total. The predicted molar refractivity (Wildman–Crippen MR) is 82.5 cm³/mol. The van der Waals surface area contributed by atoms with Crippen LogP contribution in [0.5, 0.6) is 0 Å². The molecule has 0 saturated heterocycles. The number of aromatic nitrogens is 3. The maximum atomic E-state index is 12.0. The first-order chi connectivity index (χ1) is 9.45. The number of carbonyl (C=O) groups is 1. The molecule has 0 unspecified atom stereocenters. The molecule has 2 rings (SSSR count). The summed E-state index contributed by atoms with van der Waals surface area (Å²) < 4.78 is 0.625. The van der Waals surface area contributed by atoms with E-state index in [1.807, 2.05) is 0 Å². The number of amides is 1. The molecular weight excluding hydrogens is 341 g/mol. The van der Waals surface area contributed by atoms with Gasteiger partial charge in [-0.05, 0) is 13.0 Å². The summed E-state index contributed by atoms with van der Waals surface area (Å²) in [6.07, 6.45) is 1.41. The van der Waals surface area contributed by atoms with E-state index in [0.29, 0.717) is 14.5 Å². The molecule has 0 bridgehead atoms. The zero-order valence-corrected chi connectivity index (χ0v) is 13.3. The summed E-state index contributed by atoms with van der Waals surface area (Å²) >= 11 is 14.2. The van der Waals surface area contributed by atoms with Crippen molar-refractivity contribution in [3.63, 3.8) is 0 Å². The smallest absolute Gasteiger partial charge is 0.238 e. The third-order valence-electron chi connectivity index (χ3n) is 2.12. The molecule has 10 heteroatoms. The van der Waals surface area contributed by atoms with Crippen LogP contribution in [0.1, 0.15) is 6.92 Å². The third-order valence-corrected chi connectivity index (χ3v) is 4.55. The quantitative estimate of drug-likeness (QED) is 0.824. The standard InChI is InChI=1S/C10H9Cl2N5OS2/c1-4(19-10-17-16-9(13)20-10)8(18)15-7-6(12)2-5(11)3-14-7/h2-4H,1H3,(H2,13,16)(H,14,15,18)/t4-/m1/s1. The van der Waals surface area contributed by atoms with Gasteiger partial charge < -0.3 is 11.1 Å². The van der Waals surface area contributed by atoms with E-state index in [4.69, 9.17) is 28.9 Å². The Hall–Kier alpha value is -1.09. The number of hydrogen-bond donors (Lipinski definition) is 2. The second kappa shape index (κ2) is 6.57. The van der Waals surface area contributed by atoms with E-state index in [1.54, 1.807) is 6.92 Å². The van der Waals surface area contributed by atoms with Gasteiger partial charge in [-0.15, -0.1) is 10.2 Å². The van der Waals surface area contributed by atoms with Crippen LogP contribution in [0, 0.1) is 0 Å². The minimum Gasteiger partial charge on any atom is -0.374 e. The van der Waals surface area contributed by atoms with Gasteiger partial charge in [-0.3, -0.25) is 4.79 Å². The van der Waals surface area contributed by atoms with E-state index >= 15 is 0 Å². The number of nitrogen functional groups attached to an aromatic ring is 1. The van der Waals surface area contributed by atoms with Crippen LogP contribution in [-0.2, 0) is 4.79 Å². The van der Waals surface area contributed by atoms with Crippen molar-refractivity contribution in [2.24, 2.45) is 0 Å². The zero-order chi connectivity index (χ0) is 14.7. The van der Waals surface area contributed by atoms with Gasteiger partial charge >= 0.3 is 0 Å². The fraction of sp³-hybridized carbons (Fsp3) is 0.200. The summed E-state index contributed by atoms with van der Waals surface area (Å²) in [6, 6.07) is 1.51. The molecule has 0 aliphatic rings. The monoisotopic (exact) mass is 349 g/mol. The number of thioether (sulfide) groups is 1. The number of anilines is 2. The number of pyridine rings is 1. The Balaban J connectivity index is 2.00. The van der Waals surface area contributed by atoms with Crippen LogP contribution in [0.3, 0.4) is 0 Å². The van der Waals surface area contributed by atoms with Gasteiger partial charge in [-0.1, -0.05) is 46.3 Å². The van der Waals surface area contributed by atoms with Crippen LogP contribution in [-0.4, -0.2) is 26.3 Å². The summed E-state index contributed by atoms with van der Waals surface area (Å²) in [7, 11) is 0. The lowest BCUT2D eigenvalue weighted by atomic mass is 10.4. The van der Waals surface area contributed by atoms with Crippen molar-refractivity contribution in [2.75, 3.05) is 11.1 Å². The van der Waals surface area contributed by atoms with Crippen LogP contribution >= 0.6 is 46.3 Å². The zero-order valence-electron chi connectivity index (χ0n) is 10.1. The van der Waals surface area contributed by atoms with E-state index < -0.39 is 5.25 Å². The summed E-state index contributed by atoms with van der Waals surface area (Å²) in [5, 5.41) is 10.8. The molecule has 2 aromatic heterocycles. The molecule has 0 aliphatic carbocycles. The normalized spacial score (nSPS) is 12.2. The Morgan fingerprint density at radius 3 is 2.85 bits per heavy atom. The van der Waals surface area contributed by atoms with Crippen molar-refractivity contribution in [2.45, 2.75) is 16.5 Å². The average Bonchev–Trinajstić information content (AvgIpc) is 2.78. The van der Waals surface area contributed by atoms with Crippen molar-refractivity contribution in [1.29, 1.82) is 0 Å². The van der Waals surface area contributed by atoms with Crippen molar-refractivity contribution in [1.82, 2.24) is 15.2 Å². The van der Waals surface area contributed by atoms with E-state index in [2.05, 4.69) is 20.5 Å². The maximum absolute atomic E-state index is 12.0. The molecule has 0 aromatic carbocycles. The predicted octanol–water partition coefficient (Wildman–Crippen LogP) is 2.94. The van der Waals surface area contributed by atoms with Gasteiger partial charge in [0.1, 0.15) is 0 Å². The molecule has 6 nitrogen and oxygen atoms in total. The van der Waals surface area contributed by atoms with Crippen LogP contribution < -0.4 is 11.1 Å². The van der Waals surface area contributed by atoms with Gasteiger partial charge in [-0.25, -0.2) is 4.98 Å². The van der Waals surface area contributed by atoms with Gasteiger partial charge in [0.2, 0.25) is 11.0 Å². The number of carbonyl (C=O) groups excluding carboxylic acids is 1. The Kier molecular flexibility index (Phi) is 5.03. The van der Waals surface area contributed by atoms with Crippen molar-refractivity contribution in [3.8, 4) is 0 Å². The largest absolute Gasteiger partial charge is 0.374 e. The fourth-order valence-corrected chi connectivity index (χ4v) is 3.41. The Bertz CT molecular complexity index is 636. The van der Waals surface area contributed by atoms with E-state index in [9.17, 15) is 4.79 Å². The van der Waals surface area contributed by atoms with Crippen LogP contribution in [0.15, 0.2) is 16.6 Å². The summed E-state index contributed by atoms with van der Waals surface area (Å²) in [6.45, 7) is 1.74. The summed E-state index contributed by atoms with van der Waals surface area (Å²) in [5.74, 6) is 0.0192. The highest BCUT2D eigenvalue weighted by Crippen LogP contribution is 2.29. The molecule has 106 valence electrons. The minimum absolute atomic E-state index is 0.250. The highest BCUT2D eigenvalue weighted by atomic mass is 35.5. The Labute approximate surface area is 133 Å². The number of hydrogen-bond acceptors (Lipinski definition) is 7. The second-order valence-electron chi connectivity index (χ2n) is 3.64. The summed E-state index contributed by atoms with van der Waals surface area (Å²) in [4.78, 5) is 16.0. The van der Waals surface area contributed by atoms with E-state index in [0.717, 1.165) is 0 Å². The lowest BCUT2D eigenvalue weighted by Gasteiger charge is -2.10. The molecule has 2 aromatic rings. The first-order valence-corrected chi connectivity index (χ1v) is 7.78. The van der Waals surface area contributed by atoms with Gasteiger partial charge in [0.25, 0.3) is 0 Å². The number of rotatable bonds is 4. The maximum Gasteiger partial charge on any atom is 0.238 e. The third kappa shape index (κ3) is 3.95. The van der Waals surface area contributed by atoms with Gasteiger partial charge in [0, 0.05) is 6.20 Å². The van der Waals surface area contributed by atoms with Crippen LogP contribution in [0.4, 0.5) is 10.9 Å². The highest BCUT2D eigenvalue weighted by molar-refractivity contribution is 8.02. The lowest BCUT2D eigenvalue weighted by Crippen LogP contribution is -2.23. The second-order valence-corrected chi connectivity index (χ2v) is 7.08. The first-order valence-electron chi connectivity index (χ1n) is 5.33. The molecule has 0 radical (unpaired) electrons. The number of halogens is 2. The molecule has 1 amide bonds. The molecule has 1 atom stereocenters. The number of nitrogens with zero attached hydrogens (tertiary/aromatic N) is 3. The van der Waals surface area contributed by atoms with E-state index in [-0.39, 0.29) is 16.7 Å². The molecule has 20 heavy (non-hydrogen) atoms. The number of nitrogens with one attached hydrogen (secondary N) is 1. The highest BCUT2D eigenvalue weighted by Gasteiger charge is 2.18. The molecule has 0 spiro atoms. The number of nitrogens with two attached hydrogens (primary N) is 1. The Morgan fingerprint density at radius 1 is 1.50 bits per heavy atom. The molecule has 0 fully saturated rings. The van der Waals surface area contributed by atoms with Crippen molar-refractivity contribution < 1.29 is 4.79 Å². The Morgan fingerprint density at radius 2 is 2.25 bits per heavy atom. The van der Waals surface area contributed by atoms with Crippen molar-refractivity contribution in [3.05, 3.63) is 22.3 Å². The van der Waals surface area contributed by atoms with Gasteiger partial charge in [-0.2, -0.15) is 0 Å². The molecular formula is C10H9Cl2N5OS2. The van der Waals surface area contributed by atoms with Gasteiger partial charge in [0.15, 0.2) is 10.2 Å². The van der Waals surface area contributed by atoms with Crippen LogP contribution in [0.25, 0.3) is 0 Å². The average molecular weight is 350 g/mol. The summed E-state index contributed by atoms with van der Waals surface area (Å²) in [5.41, 5.74) is 5.48. The lowest BCUT2D eigenvalue weighted by molar-refractivity contribution is -0.115. The van der Waals surface area contributed by atoms with Crippen LogP contribution in [0.2, 0.25) is 10.0 Å². The minimum atomic E-state index is -0.393. The molecule has 2 heterocycles. The fourth-order valence-electron chi connectivity index (χ4n) is 1.20. The van der Waals surface area contributed by atoms with E-state index in [1.165, 1.54) is 35.4 Å². The molecule has 0 aliphatic heterocycles. The first kappa shape index (κ1) is 15.3. The van der Waals surface area contributed by atoms with Crippen molar-refractivity contribution >= 4 is 63.2 Å².